The predicted molar refractivity (Wildman–Crippen MR) is 103 cm³/mol. The standard InChI is InChI=1S/C20H28N4O4/c1-4-20(2,3)17(26)19(28)24-13-5-6-15(24)18(27)23-22-16(25)8-7-14-9-11-21-12-10-14/h9-12,15H,4-8,13H2,1-3H3,(H,22,25)(H,23,27)/t15-/m0/s1. The van der Waals surface area contributed by atoms with Gasteiger partial charge in [0.05, 0.1) is 0 Å². The van der Waals surface area contributed by atoms with Crippen LogP contribution in [0, 0.1) is 5.41 Å². The van der Waals surface area contributed by atoms with Gasteiger partial charge in [0.1, 0.15) is 6.04 Å². The Balaban J connectivity index is 1.86. The normalized spacial score (nSPS) is 16.5. The van der Waals surface area contributed by atoms with Crippen molar-refractivity contribution < 1.29 is 19.2 Å². The van der Waals surface area contributed by atoms with Crippen LogP contribution in [0.3, 0.4) is 0 Å². The SMILES string of the molecule is CCC(C)(C)C(=O)C(=O)N1CCC[C@H]1C(=O)NNC(=O)CCc1ccncc1. The number of Topliss-reactive ketones (excluding diaryl/α,β-unsaturated/α-hetero) is 1. The average Bonchev–Trinajstić information content (AvgIpc) is 3.20. The van der Waals surface area contributed by atoms with E-state index in [9.17, 15) is 19.2 Å². The maximum Gasteiger partial charge on any atom is 0.291 e. The van der Waals surface area contributed by atoms with E-state index < -0.39 is 29.1 Å². The Bertz CT molecular complexity index is 733. The second kappa shape index (κ2) is 9.43. The van der Waals surface area contributed by atoms with Crippen LogP contribution in [0.25, 0.3) is 0 Å². The molecule has 8 heteroatoms. The Hall–Kier alpha value is -2.77. The number of amides is 3. The van der Waals surface area contributed by atoms with E-state index in [-0.39, 0.29) is 12.3 Å². The van der Waals surface area contributed by atoms with Gasteiger partial charge in [-0.15, -0.1) is 0 Å². The van der Waals surface area contributed by atoms with Crippen LogP contribution in [-0.2, 0) is 25.6 Å². The van der Waals surface area contributed by atoms with Crippen molar-refractivity contribution >= 4 is 23.5 Å². The molecule has 8 nitrogen and oxygen atoms in total. The summed E-state index contributed by atoms with van der Waals surface area (Å²) in [7, 11) is 0. The molecular formula is C20H28N4O4. The van der Waals surface area contributed by atoms with Crippen LogP contribution in [0.5, 0.6) is 0 Å². The highest BCUT2D eigenvalue weighted by Gasteiger charge is 2.41. The van der Waals surface area contributed by atoms with Crippen LogP contribution in [0.15, 0.2) is 24.5 Å². The monoisotopic (exact) mass is 388 g/mol. The summed E-state index contributed by atoms with van der Waals surface area (Å²) in [5.74, 6) is -1.93. The number of hydrazine groups is 1. The molecule has 0 saturated carbocycles. The van der Waals surface area contributed by atoms with Crippen molar-refractivity contribution in [2.45, 2.75) is 58.9 Å². The average molecular weight is 388 g/mol. The number of likely N-dealkylation sites (tertiary alicyclic amines) is 1. The number of aromatic nitrogens is 1. The molecule has 1 atom stereocenters. The molecule has 0 radical (unpaired) electrons. The lowest BCUT2D eigenvalue weighted by Crippen LogP contribution is -2.53. The minimum Gasteiger partial charge on any atom is -0.324 e. The van der Waals surface area contributed by atoms with Gasteiger partial charge in [-0.3, -0.25) is 35.0 Å². The number of carbonyl (C=O) groups is 4. The fourth-order valence-electron chi connectivity index (χ4n) is 2.95. The van der Waals surface area contributed by atoms with Gasteiger partial charge in [-0.25, -0.2) is 0 Å². The number of carbonyl (C=O) groups excluding carboxylic acids is 4. The Labute approximate surface area is 165 Å². The van der Waals surface area contributed by atoms with E-state index in [2.05, 4.69) is 15.8 Å². The van der Waals surface area contributed by atoms with Crippen molar-refractivity contribution in [1.29, 1.82) is 0 Å². The summed E-state index contributed by atoms with van der Waals surface area (Å²) in [4.78, 5) is 54.6. The molecule has 152 valence electrons. The van der Waals surface area contributed by atoms with Crippen molar-refractivity contribution in [3.05, 3.63) is 30.1 Å². The number of hydrogen-bond donors (Lipinski definition) is 2. The summed E-state index contributed by atoms with van der Waals surface area (Å²) >= 11 is 0. The van der Waals surface area contributed by atoms with Crippen molar-refractivity contribution in [3.8, 4) is 0 Å². The van der Waals surface area contributed by atoms with Gasteiger partial charge < -0.3 is 4.90 Å². The van der Waals surface area contributed by atoms with Crippen LogP contribution in [0.4, 0.5) is 0 Å². The van der Waals surface area contributed by atoms with Crippen LogP contribution < -0.4 is 10.9 Å². The highest BCUT2D eigenvalue weighted by Crippen LogP contribution is 2.25. The molecule has 0 bridgehead atoms. The molecule has 3 amide bonds. The van der Waals surface area contributed by atoms with E-state index in [4.69, 9.17) is 0 Å². The third-order valence-corrected chi connectivity index (χ3v) is 5.22. The maximum absolute atomic E-state index is 12.6. The number of ketones is 1. The summed E-state index contributed by atoms with van der Waals surface area (Å²) in [5.41, 5.74) is 4.98. The van der Waals surface area contributed by atoms with Gasteiger partial charge >= 0.3 is 0 Å². The quantitative estimate of drug-likeness (QED) is 0.538. The second-order valence-electron chi connectivity index (χ2n) is 7.62. The molecule has 0 unspecified atom stereocenters. The molecule has 2 N–H and O–H groups in total. The zero-order valence-electron chi connectivity index (χ0n) is 16.7. The highest BCUT2D eigenvalue weighted by atomic mass is 16.2. The van der Waals surface area contributed by atoms with Crippen molar-refractivity contribution in [3.63, 3.8) is 0 Å². The lowest BCUT2D eigenvalue weighted by molar-refractivity contribution is -0.151. The topological polar surface area (TPSA) is 108 Å². The Kier molecular flexibility index (Phi) is 7.25. The van der Waals surface area contributed by atoms with Crippen LogP contribution in [0.1, 0.15) is 52.0 Å². The zero-order valence-corrected chi connectivity index (χ0v) is 16.7. The summed E-state index contributed by atoms with van der Waals surface area (Å²) in [6.45, 7) is 5.65. The minimum atomic E-state index is -0.762. The van der Waals surface area contributed by atoms with Crippen molar-refractivity contribution in [2.24, 2.45) is 5.41 Å². The lowest BCUT2D eigenvalue weighted by Gasteiger charge is -2.27. The molecule has 28 heavy (non-hydrogen) atoms. The van der Waals surface area contributed by atoms with Crippen LogP contribution in [-0.4, -0.2) is 46.0 Å². The summed E-state index contributed by atoms with van der Waals surface area (Å²) in [6, 6.07) is 2.90. The highest BCUT2D eigenvalue weighted by molar-refractivity contribution is 6.38. The first-order valence-corrected chi connectivity index (χ1v) is 9.59. The summed E-state index contributed by atoms with van der Waals surface area (Å²) in [6.07, 6.45) is 5.68. The number of nitrogens with one attached hydrogen (secondary N) is 2. The Morgan fingerprint density at radius 3 is 2.50 bits per heavy atom. The number of hydrogen-bond acceptors (Lipinski definition) is 5. The molecule has 1 saturated heterocycles. The maximum atomic E-state index is 12.6. The first-order chi connectivity index (χ1) is 13.3. The third kappa shape index (κ3) is 5.37. The fourth-order valence-corrected chi connectivity index (χ4v) is 2.95. The van der Waals surface area contributed by atoms with E-state index in [0.29, 0.717) is 32.2 Å². The van der Waals surface area contributed by atoms with E-state index in [0.717, 1.165) is 5.56 Å². The molecule has 0 aliphatic carbocycles. The molecule has 1 aromatic rings. The molecule has 0 aromatic carbocycles. The van der Waals surface area contributed by atoms with Crippen molar-refractivity contribution in [2.75, 3.05) is 6.54 Å². The smallest absolute Gasteiger partial charge is 0.291 e. The Morgan fingerprint density at radius 1 is 1.18 bits per heavy atom. The van der Waals surface area contributed by atoms with Crippen LogP contribution in [0.2, 0.25) is 0 Å². The number of rotatable bonds is 7. The molecule has 1 aliphatic heterocycles. The van der Waals surface area contributed by atoms with Gasteiger partial charge in [0.15, 0.2) is 0 Å². The molecule has 1 fully saturated rings. The number of aryl methyl sites for hydroxylation is 1. The molecule has 2 rings (SSSR count). The third-order valence-electron chi connectivity index (χ3n) is 5.22. The molecule has 1 aliphatic rings. The predicted octanol–water partition coefficient (Wildman–Crippen LogP) is 1.16. The van der Waals surface area contributed by atoms with E-state index in [1.54, 1.807) is 26.2 Å². The fraction of sp³-hybridized carbons (Fsp3) is 0.550. The van der Waals surface area contributed by atoms with Gasteiger partial charge in [-0.1, -0.05) is 20.8 Å². The van der Waals surface area contributed by atoms with Gasteiger partial charge in [0, 0.05) is 30.8 Å². The summed E-state index contributed by atoms with van der Waals surface area (Å²) < 4.78 is 0. The first kappa shape index (κ1) is 21.5. The van der Waals surface area contributed by atoms with Gasteiger partial charge in [0.2, 0.25) is 11.7 Å². The van der Waals surface area contributed by atoms with Crippen molar-refractivity contribution in [1.82, 2.24) is 20.7 Å². The number of pyridine rings is 1. The molecular weight excluding hydrogens is 360 g/mol. The number of nitrogens with zero attached hydrogens (tertiary/aromatic N) is 2. The van der Waals surface area contributed by atoms with E-state index in [1.807, 2.05) is 19.1 Å². The van der Waals surface area contributed by atoms with Gasteiger partial charge in [0.25, 0.3) is 11.8 Å². The first-order valence-electron chi connectivity index (χ1n) is 9.59. The summed E-state index contributed by atoms with van der Waals surface area (Å²) in [5, 5.41) is 0. The van der Waals surface area contributed by atoms with Gasteiger partial charge in [-0.05, 0) is 43.4 Å². The van der Waals surface area contributed by atoms with Gasteiger partial charge in [-0.2, -0.15) is 0 Å². The molecule has 2 heterocycles. The molecule has 0 spiro atoms. The molecule has 1 aromatic heterocycles. The Morgan fingerprint density at radius 2 is 1.86 bits per heavy atom. The van der Waals surface area contributed by atoms with E-state index in [1.165, 1.54) is 4.90 Å². The van der Waals surface area contributed by atoms with E-state index >= 15 is 0 Å². The van der Waals surface area contributed by atoms with Crippen LogP contribution >= 0.6 is 0 Å². The second-order valence-corrected chi connectivity index (χ2v) is 7.62. The lowest BCUT2D eigenvalue weighted by atomic mass is 9.84. The minimum absolute atomic E-state index is 0.209. The largest absolute Gasteiger partial charge is 0.324 e. The zero-order chi connectivity index (χ0) is 20.7.